The summed E-state index contributed by atoms with van der Waals surface area (Å²) in [6.45, 7) is 0. The number of para-hydroxylation sites is 3. The molecule has 10 aromatic rings. The summed E-state index contributed by atoms with van der Waals surface area (Å²) in [5.74, 6) is 0.938. The van der Waals surface area contributed by atoms with Crippen LogP contribution in [0.25, 0.3) is 81.7 Å². The number of rotatable bonds is 2. The van der Waals surface area contributed by atoms with Crippen LogP contribution in [0.2, 0.25) is 0 Å². The SMILES string of the molecule is c1ccc(-n2c(-c3ccc4c(c3)C3(c5ccccc5-c5ccccc5-4)c4ccccc4-c4cc5c(cc43)sc3ccccc35)nc3ccccc32)cc1. The molecular weight excluding hydrogens is 661 g/mol. The van der Waals surface area contributed by atoms with Crippen molar-refractivity contribution < 1.29 is 0 Å². The molecule has 1 unspecified atom stereocenters. The summed E-state index contributed by atoms with van der Waals surface area (Å²) in [4.78, 5) is 5.35. The van der Waals surface area contributed by atoms with Crippen molar-refractivity contribution in [3.8, 4) is 50.5 Å². The van der Waals surface area contributed by atoms with Gasteiger partial charge in [0.25, 0.3) is 0 Å². The summed E-state index contributed by atoms with van der Waals surface area (Å²) in [5.41, 5.74) is 16.6. The molecule has 1 spiro atoms. The second kappa shape index (κ2) is 10.7. The second-order valence-corrected chi connectivity index (χ2v) is 15.3. The fourth-order valence-corrected chi connectivity index (χ4v) is 10.6. The van der Waals surface area contributed by atoms with E-state index in [9.17, 15) is 0 Å². The lowest BCUT2D eigenvalue weighted by Crippen LogP contribution is -2.29. The number of thiophene rings is 1. The predicted octanol–water partition coefficient (Wildman–Crippen LogP) is 13.1. The maximum atomic E-state index is 5.35. The Bertz CT molecular complexity index is 3130. The van der Waals surface area contributed by atoms with Gasteiger partial charge in [-0.2, -0.15) is 0 Å². The van der Waals surface area contributed by atoms with Crippen molar-refractivity contribution in [2.45, 2.75) is 5.41 Å². The molecule has 3 heteroatoms. The van der Waals surface area contributed by atoms with Gasteiger partial charge in [0, 0.05) is 31.4 Å². The normalized spacial score (nSPS) is 15.2. The van der Waals surface area contributed by atoms with E-state index in [4.69, 9.17) is 4.98 Å². The van der Waals surface area contributed by atoms with Crippen LogP contribution in [0.5, 0.6) is 0 Å². The molecule has 0 N–H and O–H groups in total. The molecule has 1 atom stereocenters. The Morgan fingerprint density at radius 3 is 1.81 bits per heavy atom. The van der Waals surface area contributed by atoms with Crippen molar-refractivity contribution in [3.63, 3.8) is 0 Å². The number of hydrogen-bond acceptors (Lipinski definition) is 2. The summed E-state index contributed by atoms with van der Waals surface area (Å²) < 4.78 is 4.96. The topological polar surface area (TPSA) is 17.8 Å². The van der Waals surface area contributed by atoms with Crippen LogP contribution in [-0.4, -0.2) is 9.55 Å². The van der Waals surface area contributed by atoms with E-state index >= 15 is 0 Å². The van der Waals surface area contributed by atoms with Gasteiger partial charge >= 0.3 is 0 Å². The van der Waals surface area contributed by atoms with Gasteiger partial charge in [-0.3, -0.25) is 4.57 Å². The third kappa shape index (κ3) is 3.84. The molecule has 0 radical (unpaired) electrons. The number of fused-ring (bicyclic) bond motifs is 16. The molecule has 0 aliphatic heterocycles. The van der Waals surface area contributed by atoms with Crippen LogP contribution < -0.4 is 0 Å². The van der Waals surface area contributed by atoms with Gasteiger partial charge in [-0.05, 0) is 104 Å². The Morgan fingerprint density at radius 1 is 0.415 bits per heavy atom. The molecule has 246 valence electrons. The zero-order valence-electron chi connectivity index (χ0n) is 28.6. The average molecular weight is 691 g/mol. The third-order valence-corrected chi connectivity index (χ3v) is 12.8. The fraction of sp³-hybridized carbons (Fsp3) is 0.0200. The van der Waals surface area contributed by atoms with Gasteiger partial charge < -0.3 is 0 Å². The van der Waals surface area contributed by atoms with Crippen molar-refractivity contribution in [1.82, 2.24) is 9.55 Å². The molecule has 53 heavy (non-hydrogen) atoms. The van der Waals surface area contributed by atoms with E-state index < -0.39 is 5.41 Å². The minimum atomic E-state index is -0.582. The van der Waals surface area contributed by atoms with E-state index in [2.05, 4.69) is 187 Å². The van der Waals surface area contributed by atoms with Gasteiger partial charge in [-0.15, -0.1) is 11.3 Å². The highest BCUT2D eigenvalue weighted by atomic mass is 32.1. The average Bonchev–Trinajstić information content (AvgIpc) is 3.86. The number of imidazole rings is 1. The smallest absolute Gasteiger partial charge is 0.145 e. The maximum absolute atomic E-state index is 5.35. The van der Waals surface area contributed by atoms with Crippen molar-refractivity contribution in [2.75, 3.05) is 0 Å². The number of nitrogens with zero attached hydrogens (tertiary/aromatic N) is 2. The zero-order valence-corrected chi connectivity index (χ0v) is 29.4. The minimum Gasteiger partial charge on any atom is -0.292 e. The van der Waals surface area contributed by atoms with Crippen molar-refractivity contribution in [3.05, 3.63) is 204 Å². The quantitative estimate of drug-likeness (QED) is 0.177. The monoisotopic (exact) mass is 690 g/mol. The first-order chi connectivity index (χ1) is 26.3. The van der Waals surface area contributed by atoms with E-state index in [0.717, 1.165) is 28.1 Å². The van der Waals surface area contributed by atoms with Crippen LogP contribution in [0.4, 0.5) is 0 Å². The highest BCUT2D eigenvalue weighted by Gasteiger charge is 2.50. The molecule has 0 fully saturated rings. The lowest BCUT2D eigenvalue weighted by Gasteiger charge is -2.35. The van der Waals surface area contributed by atoms with Crippen molar-refractivity contribution >= 4 is 42.5 Å². The summed E-state index contributed by atoms with van der Waals surface area (Å²) in [7, 11) is 0. The first-order valence-corrected chi connectivity index (χ1v) is 19.0. The minimum absolute atomic E-state index is 0.582. The Labute approximate surface area is 310 Å². The number of hydrogen-bond donors (Lipinski definition) is 0. The summed E-state index contributed by atoms with van der Waals surface area (Å²) >= 11 is 1.90. The summed E-state index contributed by atoms with van der Waals surface area (Å²) in [6.07, 6.45) is 0. The molecule has 12 rings (SSSR count). The van der Waals surface area contributed by atoms with E-state index in [1.165, 1.54) is 75.8 Å². The van der Waals surface area contributed by atoms with Crippen LogP contribution >= 0.6 is 11.3 Å². The van der Waals surface area contributed by atoms with Gasteiger partial charge in [-0.1, -0.05) is 133 Å². The predicted molar refractivity (Wildman–Crippen MR) is 221 cm³/mol. The molecule has 2 heterocycles. The largest absolute Gasteiger partial charge is 0.292 e. The van der Waals surface area contributed by atoms with Crippen LogP contribution in [0.15, 0.2) is 182 Å². The Hall–Kier alpha value is -6.55. The van der Waals surface area contributed by atoms with E-state index in [1.54, 1.807) is 0 Å². The van der Waals surface area contributed by atoms with E-state index in [1.807, 2.05) is 11.3 Å². The Morgan fingerprint density at radius 2 is 1.02 bits per heavy atom. The maximum Gasteiger partial charge on any atom is 0.145 e. The summed E-state index contributed by atoms with van der Waals surface area (Å²) in [5, 5.41) is 2.65. The lowest BCUT2D eigenvalue weighted by atomic mass is 9.65. The molecule has 0 saturated heterocycles. The number of benzene rings is 8. The standard InChI is InChI=1S/C50H30N2S/c1-2-14-32(15-3-1)52-46-24-12-11-23-45(46)51-49(52)31-26-27-37-34-17-5-4-16-33(34)35-18-6-9-21-41(35)50(43(37)28-31)42-22-10-7-19-36(42)39-29-40-38-20-8-13-25-47(38)53-48(40)30-44(39)50/h1-30H. The summed E-state index contributed by atoms with van der Waals surface area (Å²) in [6, 6.07) is 67.4. The van der Waals surface area contributed by atoms with Gasteiger partial charge in [0.05, 0.1) is 16.4 Å². The first kappa shape index (κ1) is 29.1. The molecule has 0 amide bonds. The van der Waals surface area contributed by atoms with Crippen molar-refractivity contribution in [1.29, 1.82) is 0 Å². The number of aromatic nitrogens is 2. The molecule has 8 aromatic carbocycles. The van der Waals surface area contributed by atoms with E-state index in [0.29, 0.717) is 0 Å². The molecular formula is C50H30N2S. The highest BCUT2D eigenvalue weighted by Crippen LogP contribution is 2.62. The van der Waals surface area contributed by atoms with E-state index in [-0.39, 0.29) is 0 Å². The van der Waals surface area contributed by atoms with Crippen LogP contribution in [0, 0.1) is 0 Å². The van der Waals surface area contributed by atoms with Gasteiger partial charge in [0.2, 0.25) is 0 Å². The van der Waals surface area contributed by atoms with Gasteiger partial charge in [0.15, 0.2) is 0 Å². The molecule has 2 nitrogen and oxygen atoms in total. The van der Waals surface area contributed by atoms with Gasteiger partial charge in [-0.25, -0.2) is 4.98 Å². The molecule has 2 aliphatic rings. The Kier molecular flexibility index (Phi) is 5.89. The zero-order chi connectivity index (χ0) is 34.7. The lowest BCUT2D eigenvalue weighted by molar-refractivity contribution is 0.777. The Balaban J connectivity index is 1.26. The molecule has 0 bridgehead atoms. The molecule has 0 saturated carbocycles. The highest BCUT2D eigenvalue weighted by molar-refractivity contribution is 7.25. The van der Waals surface area contributed by atoms with Crippen molar-refractivity contribution in [2.24, 2.45) is 0 Å². The molecule has 2 aromatic heterocycles. The first-order valence-electron chi connectivity index (χ1n) is 18.2. The van der Waals surface area contributed by atoms with Gasteiger partial charge in [0.1, 0.15) is 5.82 Å². The molecule has 2 aliphatic carbocycles. The fourth-order valence-electron chi connectivity index (χ4n) is 9.50. The van der Waals surface area contributed by atoms with Crippen LogP contribution in [0.3, 0.4) is 0 Å². The van der Waals surface area contributed by atoms with Crippen LogP contribution in [-0.2, 0) is 5.41 Å². The van der Waals surface area contributed by atoms with Crippen LogP contribution in [0.1, 0.15) is 22.3 Å². The third-order valence-electron chi connectivity index (χ3n) is 11.6. The second-order valence-electron chi connectivity index (χ2n) is 14.2.